The molecule has 1 aromatic heterocycles. The van der Waals surface area contributed by atoms with Crippen LogP contribution in [0.15, 0.2) is 42.6 Å². The number of nitrogens with zero attached hydrogens (tertiary/aromatic N) is 1. The predicted octanol–water partition coefficient (Wildman–Crippen LogP) is 3.09. The average molecular weight is 374 g/mol. The maximum atomic E-state index is 11.4. The van der Waals surface area contributed by atoms with E-state index in [1.54, 1.807) is 0 Å². The number of carbonyl (C=O) groups excluding carboxylic acids is 2. The molecule has 2 aromatic rings. The number of rotatable bonds is 8. The van der Waals surface area contributed by atoms with Crippen molar-refractivity contribution in [3.8, 4) is 11.6 Å². The summed E-state index contributed by atoms with van der Waals surface area (Å²) in [5, 5.41) is 3.35. The first kappa shape index (κ1) is 20.2. The molecule has 0 radical (unpaired) electrons. The topological polar surface area (TPSA) is 96.0 Å². The highest BCUT2D eigenvalue weighted by molar-refractivity contribution is 5.65. The molecule has 0 aliphatic rings. The fourth-order valence-corrected chi connectivity index (χ4v) is 2.28. The first-order chi connectivity index (χ1) is 13.1. The highest BCUT2D eigenvalue weighted by atomic mass is 16.7. The van der Waals surface area contributed by atoms with Crippen molar-refractivity contribution in [1.29, 1.82) is 0 Å². The van der Waals surface area contributed by atoms with Crippen LogP contribution >= 0.6 is 0 Å². The van der Waals surface area contributed by atoms with Crippen LogP contribution in [0.25, 0.3) is 0 Å². The van der Waals surface area contributed by atoms with Crippen molar-refractivity contribution in [3.63, 3.8) is 0 Å². The maximum Gasteiger partial charge on any atom is 0.514 e. The Hall–Kier alpha value is -3.13. The van der Waals surface area contributed by atoms with E-state index in [-0.39, 0.29) is 11.6 Å². The second-order valence-electron chi connectivity index (χ2n) is 5.51. The van der Waals surface area contributed by atoms with Gasteiger partial charge in [0.15, 0.2) is 0 Å². The zero-order chi connectivity index (χ0) is 19.5. The molecule has 8 nitrogen and oxygen atoms in total. The number of nitrogens with one attached hydrogen (secondary N) is 1. The van der Waals surface area contributed by atoms with Crippen molar-refractivity contribution >= 4 is 12.3 Å². The van der Waals surface area contributed by atoms with Gasteiger partial charge < -0.3 is 24.3 Å². The van der Waals surface area contributed by atoms with Gasteiger partial charge in [0, 0.05) is 24.4 Å². The first-order valence-electron chi connectivity index (χ1n) is 8.37. The summed E-state index contributed by atoms with van der Waals surface area (Å²) < 4.78 is 18.9. The number of hydrogen-bond donors (Lipinski definition) is 1. The summed E-state index contributed by atoms with van der Waals surface area (Å²) in [7, 11) is 2.40. The van der Waals surface area contributed by atoms with E-state index in [0.717, 1.165) is 19.5 Å². The van der Waals surface area contributed by atoms with E-state index in [1.165, 1.54) is 32.0 Å². The van der Waals surface area contributed by atoms with Crippen LogP contribution < -0.4 is 14.8 Å². The fraction of sp³-hybridized carbons (Fsp3) is 0.316. The zero-order valence-corrected chi connectivity index (χ0v) is 15.3. The van der Waals surface area contributed by atoms with E-state index in [1.807, 2.05) is 18.2 Å². The number of ether oxygens (including phenoxy) is 4. The lowest BCUT2D eigenvalue weighted by molar-refractivity contribution is 0.118. The summed E-state index contributed by atoms with van der Waals surface area (Å²) in [6, 6.07) is 11.4. The maximum absolute atomic E-state index is 11.4. The molecule has 0 fully saturated rings. The molecule has 0 aliphatic heterocycles. The lowest BCUT2D eigenvalue weighted by atomic mass is 10.1. The largest absolute Gasteiger partial charge is 0.514 e. The Labute approximate surface area is 157 Å². The van der Waals surface area contributed by atoms with Gasteiger partial charge in [0.05, 0.1) is 14.2 Å². The van der Waals surface area contributed by atoms with Gasteiger partial charge >= 0.3 is 12.3 Å². The molecule has 0 saturated carbocycles. The van der Waals surface area contributed by atoms with Gasteiger partial charge in [-0.3, -0.25) is 0 Å². The monoisotopic (exact) mass is 374 g/mol. The number of aryl methyl sites for hydroxylation is 1. The van der Waals surface area contributed by atoms with Crippen molar-refractivity contribution in [2.45, 2.75) is 19.4 Å². The van der Waals surface area contributed by atoms with Crippen LogP contribution in [0.1, 0.15) is 17.5 Å². The molecule has 0 saturated heterocycles. The van der Waals surface area contributed by atoms with Crippen molar-refractivity contribution in [2.24, 2.45) is 0 Å². The van der Waals surface area contributed by atoms with Crippen LogP contribution in [-0.4, -0.2) is 38.1 Å². The molecule has 8 heteroatoms. The minimum absolute atomic E-state index is 0.0355. The second kappa shape index (κ2) is 10.8. The Balaban J connectivity index is 1.92. The van der Waals surface area contributed by atoms with Crippen LogP contribution in [0.5, 0.6) is 11.6 Å². The third-order valence-corrected chi connectivity index (χ3v) is 3.60. The molecular weight excluding hydrogens is 352 g/mol. The minimum atomic E-state index is -0.913. The minimum Gasteiger partial charge on any atom is -0.437 e. The van der Waals surface area contributed by atoms with Crippen molar-refractivity contribution in [3.05, 3.63) is 53.7 Å². The van der Waals surface area contributed by atoms with Gasteiger partial charge in [-0.15, -0.1) is 0 Å². The summed E-state index contributed by atoms with van der Waals surface area (Å²) in [6.45, 7) is 1.55. The number of carbonyl (C=O) groups is 2. The Morgan fingerprint density at radius 3 is 2.44 bits per heavy atom. The van der Waals surface area contributed by atoms with Crippen molar-refractivity contribution < 1.29 is 28.5 Å². The molecule has 0 amide bonds. The molecule has 1 heterocycles. The van der Waals surface area contributed by atoms with Gasteiger partial charge in [-0.05, 0) is 24.9 Å². The van der Waals surface area contributed by atoms with Gasteiger partial charge in [-0.2, -0.15) is 0 Å². The normalized spacial score (nSPS) is 10.1. The molecule has 1 aromatic carbocycles. The number of aromatic nitrogens is 1. The second-order valence-corrected chi connectivity index (χ2v) is 5.51. The summed E-state index contributed by atoms with van der Waals surface area (Å²) >= 11 is 0. The van der Waals surface area contributed by atoms with Gasteiger partial charge in [-0.1, -0.05) is 30.3 Å². The van der Waals surface area contributed by atoms with Crippen LogP contribution in [0.3, 0.4) is 0 Å². The lowest BCUT2D eigenvalue weighted by Crippen LogP contribution is -2.16. The number of pyridine rings is 1. The Kier molecular flexibility index (Phi) is 8.05. The summed E-state index contributed by atoms with van der Waals surface area (Å²) in [4.78, 5) is 26.7. The molecular formula is C19H22N2O6. The highest BCUT2D eigenvalue weighted by Crippen LogP contribution is 2.24. The van der Waals surface area contributed by atoms with Gasteiger partial charge in [0.1, 0.15) is 5.75 Å². The molecule has 27 heavy (non-hydrogen) atoms. The third kappa shape index (κ3) is 6.95. The third-order valence-electron chi connectivity index (χ3n) is 3.60. The van der Waals surface area contributed by atoms with E-state index >= 15 is 0 Å². The first-order valence-corrected chi connectivity index (χ1v) is 8.37. The van der Waals surface area contributed by atoms with Crippen LogP contribution in [0.4, 0.5) is 9.59 Å². The molecule has 0 unspecified atom stereocenters. The Morgan fingerprint density at radius 1 is 1.04 bits per heavy atom. The highest BCUT2D eigenvalue weighted by Gasteiger charge is 2.14. The van der Waals surface area contributed by atoms with Gasteiger partial charge in [-0.25, -0.2) is 14.6 Å². The van der Waals surface area contributed by atoms with E-state index in [0.29, 0.717) is 12.0 Å². The smallest absolute Gasteiger partial charge is 0.437 e. The Morgan fingerprint density at radius 2 is 1.74 bits per heavy atom. The molecule has 2 rings (SSSR count). The van der Waals surface area contributed by atoms with Crippen LogP contribution in [0.2, 0.25) is 0 Å². The molecule has 1 N–H and O–H groups in total. The number of hydrogen-bond acceptors (Lipinski definition) is 8. The van der Waals surface area contributed by atoms with Gasteiger partial charge in [0.2, 0.25) is 5.88 Å². The van der Waals surface area contributed by atoms with Gasteiger partial charge in [0.25, 0.3) is 0 Å². The average Bonchev–Trinajstić information content (AvgIpc) is 2.69. The summed E-state index contributed by atoms with van der Waals surface area (Å²) in [6.07, 6.45) is 1.12. The van der Waals surface area contributed by atoms with E-state index in [4.69, 9.17) is 9.47 Å². The van der Waals surface area contributed by atoms with Crippen molar-refractivity contribution in [2.75, 3.05) is 20.8 Å². The molecule has 0 spiro atoms. The molecule has 0 aliphatic carbocycles. The van der Waals surface area contributed by atoms with E-state index in [9.17, 15) is 9.59 Å². The molecule has 0 bridgehead atoms. The van der Waals surface area contributed by atoms with Crippen molar-refractivity contribution in [1.82, 2.24) is 10.3 Å². The number of benzene rings is 1. The van der Waals surface area contributed by atoms with Crippen LogP contribution in [0, 0.1) is 0 Å². The standard InChI is InChI=1S/C19H22N2O6/c1-24-18(22)26-16-11-17(27-19(23)25-2)21-13-15(16)9-6-10-20-12-14-7-4-3-5-8-14/h3-5,7-8,11,13,20H,6,9-10,12H2,1-2H3. The molecule has 0 atom stereocenters. The zero-order valence-electron chi connectivity index (χ0n) is 15.3. The molecule has 144 valence electrons. The fourth-order valence-electron chi connectivity index (χ4n) is 2.28. The number of methoxy groups -OCH3 is 2. The van der Waals surface area contributed by atoms with Crippen LogP contribution in [-0.2, 0) is 22.4 Å². The van der Waals surface area contributed by atoms with E-state index < -0.39 is 12.3 Å². The summed E-state index contributed by atoms with van der Waals surface area (Å²) in [5.41, 5.74) is 1.90. The summed E-state index contributed by atoms with van der Waals surface area (Å²) in [5.74, 6) is 0.186. The predicted molar refractivity (Wildman–Crippen MR) is 96.8 cm³/mol. The Bertz CT molecular complexity index is 751. The SMILES string of the molecule is COC(=O)Oc1cc(OC(=O)OC)c(CCCNCc2ccccc2)cn1. The van der Waals surface area contributed by atoms with E-state index in [2.05, 4.69) is 31.9 Å². The quantitative estimate of drug-likeness (QED) is 0.556. The lowest BCUT2D eigenvalue weighted by Gasteiger charge is -2.11.